The van der Waals surface area contributed by atoms with Crippen molar-refractivity contribution >= 4 is 178 Å². The monoisotopic (exact) mass is 2050 g/mol. The Hall–Kier alpha value is -11.4. The number of thiocarbonyl (C=S) groups is 6. The zero-order valence-corrected chi connectivity index (χ0v) is 88.0. The van der Waals surface area contributed by atoms with Gasteiger partial charge in [-0.05, 0) is 210 Å². The second-order valence-corrected chi connectivity index (χ2v) is 38.8. The SMILES string of the molecule is C=CN1CCN(C(=S)N/N=C2/CCNc3c(C)ccnc32)CC1.CC(=O)N1CCN(C(=S)N/N=C2/CCNc3c(C)ccnc32)CC1.CCN1CCN(C(=S)N/N=C2/CCNc3c(C)ccnc32)CC1.Cc1ccnc2c1NCC/C2=N/NC(=S)N1CCN(C2CC2)CC1.Cc1ccnc2c1NCC/C2=N/NC(=S)N1CCN(CCF)CC1.Cc1ccnc2c1NCC/C2=N/NC(=S)N1CCN(CCO)CC1. The van der Waals surface area contributed by atoms with E-state index in [0.717, 1.165) is 354 Å². The average molecular weight is 2050 g/mol. The molecule has 0 unspecified atom stereocenters. The number of amides is 1. The number of nitrogens with zero attached hydrogens (tertiary/aromatic N) is 24. The molecule has 1 amide bonds. The number of carbonyl (C=O) groups is 1. The van der Waals surface area contributed by atoms with Crippen molar-refractivity contribution in [2.45, 2.75) is 113 Å². The van der Waals surface area contributed by atoms with Crippen LogP contribution in [0.25, 0.3) is 0 Å². The summed E-state index contributed by atoms with van der Waals surface area (Å²) in [6.07, 6.45) is 20.5. The summed E-state index contributed by atoms with van der Waals surface area (Å²) in [6, 6.07) is 12.9. The Morgan fingerprint density at radius 3 is 0.817 bits per heavy atom. The summed E-state index contributed by atoms with van der Waals surface area (Å²) in [5.41, 5.74) is 42.9. The van der Waals surface area contributed by atoms with Crippen LogP contribution in [-0.4, -0.2) is 400 Å². The Labute approximate surface area is 866 Å². The Morgan fingerprint density at radius 2 is 0.592 bits per heavy atom. The van der Waals surface area contributed by atoms with Crippen LogP contribution in [-0.2, 0) is 4.79 Å². The molecule has 13 aliphatic rings. The lowest BCUT2D eigenvalue weighted by atomic mass is 10.0. The molecule has 142 heavy (non-hydrogen) atoms. The van der Waals surface area contributed by atoms with E-state index in [2.05, 4.69) is 229 Å². The van der Waals surface area contributed by atoms with Gasteiger partial charge in [0.15, 0.2) is 30.7 Å². The van der Waals surface area contributed by atoms with Gasteiger partial charge in [-0.3, -0.25) is 82.0 Å². The Kier molecular flexibility index (Phi) is 39.9. The first-order valence-corrected chi connectivity index (χ1v) is 52.1. The summed E-state index contributed by atoms with van der Waals surface area (Å²) >= 11 is 32.9. The number of anilines is 6. The van der Waals surface area contributed by atoms with Gasteiger partial charge in [-0.15, -0.1) is 0 Å². The summed E-state index contributed by atoms with van der Waals surface area (Å²) in [7, 11) is 0. The lowest BCUT2D eigenvalue weighted by Crippen LogP contribution is -2.52. The molecule has 6 aromatic rings. The largest absolute Gasteiger partial charge is 0.395 e. The van der Waals surface area contributed by atoms with Gasteiger partial charge >= 0.3 is 0 Å². The van der Waals surface area contributed by atoms with Gasteiger partial charge in [0.05, 0.1) is 75.0 Å². The number of hydrazone groups is 6. The van der Waals surface area contributed by atoms with E-state index >= 15 is 0 Å². The van der Waals surface area contributed by atoms with Crippen molar-refractivity contribution in [1.29, 1.82) is 0 Å². The van der Waals surface area contributed by atoms with E-state index in [0.29, 0.717) is 45.2 Å². The van der Waals surface area contributed by atoms with Crippen LogP contribution in [0.4, 0.5) is 38.5 Å². The van der Waals surface area contributed by atoms with E-state index in [9.17, 15) is 9.18 Å². The fraction of sp³-hybridized carbons (Fsp3) is 0.536. The Balaban J connectivity index is 0.000000135. The molecule has 12 aliphatic heterocycles. The Bertz CT molecular complexity index is 5470. The average Bonchev–Trinajstić information content (AvgIpc) is 1.79. The van der Waals surface area contributed by atoms with Gasteiger partial charge in [0.25, 0.3) is 0 Å². The van der Waals surface area contributed by atoms with Crippen molar-refractivity contribution in [3.63, 3.8) is 0 Å². The number of aliphatic hydroxyl groups excluding tert-OH is 1. The molecule has 1 aliphatic carbocycles. The molecule has 19 rings (SSSR count). The molecule has 1 saturated carbocycles. The maximum atomic E-state index is 12.4. The maximum Gasteiger partial charge on any atom is 0.219 e. The second kappa shape index (κ2) is 53.3. The van der Waals surface area contributed by atoms with Gasteiger partial charge in [0, 0.05) is 298 Å². The number of fused-ring (bicyclic) bond motifs is 6. The van der Waals surface area contributed by atoms with Crippen molar-refractivity contribution in [2.24, 2.45) is 30.6 Å². The molecule has 7 fully saturated rings. The van der Waals surface area contributed by atoms with Crippen LogP contribution in [0.1, 0.15) is 133 Å². The third-order valence-electron chi connectivity index (χ3n) is 27.1. The smallest absolute Gasteiger partial charge is 0.219 e. The van der Waals surface area contributed by atoms with Crippen molar-refractivity contribution in [2.75, 3.05) is 261 Å². The number of piperazine rings is 6. The minimum Gasteiger partial charge on any atom is -0.395 e. The number of pyridine rings is 6. The fourth-order valence-corrected chi connectivity index (χ4v) is 19.6. The molecule has 38 nitrogen and oxygen atoms in total. The fourth-order valence-electron chi connectivity index (χ4n) is 18.3. The molecule has 0 bridgehead atoms. The lowest BCUT2D eigenvalue weighted by molar-refractivity contribution is -0.130. The molecule has 6 aromatic heterocycles. The highest BCUT2D eigenvalue weighted by Gasteiger charge is 2.34. The van der Waals surface area contributed by atoms with Crippen LogP contribution in [0, 0.1) is 41.5 Å². The summed E-state index contributed by atoms with van der Waals surface area (Å²) in [5.74, 6) is 0.113. The highest BCUT2D eigenvalue weighted by Crippen LogP contribution is 2.32. The summed E-state index contributed by atoms with van der Waals surface area (Å²) in [6.45, 7) is 48.9. The van der Waals surface area contributed by atoms with Crippen LogP contribution >= 0.6 is 73.3 Å². The van der Waals surface area contributed by atoms with E-state index in [1.54, 1.807) is 19.3 Å². The molecule has 0 spiro atoms. The maximum absolute atomic E-state index is 12.4. The second-order valence-electron chi connectivity index (χ2n) is 36.5. The zero-order chi connectivity index (χ0) is 100.0. The van der Waals surface area contributed by atoms with Gasteiger partial charge in [0.2, 0.25) is 5.91 Å². The first-order valence-electron chi connectivity index (χ1n) is 49.6. The normalized spacial score (nSPS) is 20.1. The zero-order valence-electron chi connectivity index (χ0n) is 83.1. The number of aliphatic hydroxyl groups is 1. The highest BCUT2D eigenvalue weighted by molar-refractivity contribution is 7.81. The van der Waals surface area contributed by atoms with E-state index in [-0.39, 0.29) is 19.2 Å². The lowest BCUT2D eigenvalue weighted by Gasteiger charge is -2.35. The van der Waals surface area contributed by atoms with E-state index in [1.807, 2.05) is 77.2 Å². The molecular formula is C97H139FN36O2S6. The number of likely N-dealkylation sites (N-methyl/N-ethyl adjacent to an activating group) is 1. The first-order chi connectivity index (χ1) is 69.0. The number of carbonyl (C=O) groups excluding carboxylic acids is 1. The highest BCUT2D eigenvalue weighted by atomic mass is 32.1. The van der Waals surface area contributed by atoms with Gasteiger partial charge in [0.1, 0.15) is 40.8 Å². The molecule has 13 N–H and O–H groups in total. The number of halogens is 1. The van der Waals surface area contributed by atoms with Gasteiger partial charge in [-0.25, -0.2) is 4.39 Å². The van der Waals surface area contributed by atoms with Gasteiger partial charge in [-0.2, -0.15) is 30.6 Å². The van der Waals surface area contributed by atoms with E-state index in [4.69, 9.17) is 78.4 Å². The standard InChI is InChI=1S/C17H24N6S.C16H23FN6S.C16H22N6OS.C16H24N6OS.C16H24N6S.C16H22N6S/c1-12-4-6-19-16-14(5-7-18-15(12)16)20-21-17(24)23-10-8-22(9-11-23)13-2-3-13;1-12-2-5-19-15-13(3-6-18-14(12)15)20-21-16(24)23-10-8-22(7-4-17)9-11-23;1-11-3-5-18-15-13(4-6-17-14(11)15)19-20-16(24)22-9-7-21(8-10-22)12(2)23;1-12-2-4-18-15-13(3-5-17-14(12)15)19-20-16(24)22-8-6-21(7-9-22)10-11-23;2*1-3-21-8-10-22(11-9-21)16(23)20-19-13-5-7-17-14-12(2)4-6-18-15(13)14/h4,6,13,18H,2-3,5,7-11H2,1H3,(H,21,24);2,5,18H,3-4,6-11H2,1H3,(H,21,24);3,5,17H,4,6-10H2,1-2H3,(H,20,24);2,4,17,23H,3,5-11H2,1H3,(H,20,24);4,6,17H,3,5,7-11H2,1-2H3,(H,20,23);3-4,6,17H,1,5,7-11H2,2H3,(H,20,23)/b20-14-;20-13-;4*19-13-. The first kappa shape index (κ1) is 106. The predicted molar refractivity (Wildman–Crippen MR) is 592 cm³/mol. The third kappa shape index (κ3) is 29.2. The van der Waals surface area contributed by atoms with Crippen LogP contribution in [0.5, 0.6) is 0 Å². The van der Waals surface area contributed by atoms with Crippen LogP contribution in [0.3, 0.4) is 0 Å². The number of aryl methyl sites for hydroxylation is 6. The van der Waals surface area contributed by atoms with Crippen molar-refractivity contribution in [3.05, 3.63) is 154 Å². The molecule has 18 heterocycles. The third-order valence-corrected chi connectivity index (χ3v) is 29.2. The summed E-state index contributed by atoms with van der Waals surface area (Å²) < 4.78 is 12.4. The minimum absolute atomic E-state index is 0.113. The summed E-state index contributed by atoms with van der Waals surface area (Å²) in [4.78, 5) is 64.4. The van der Waals surface area contributed by atoms with Crippen LogP contribution < -0.4 is 64.5 Å². The number of rotatable bonds is 13. The molecule has 0 atom stereocenters. The van der Waals surface area contributed by atoms with Crippen molar-refractivity contribution in [3.8, 4) is 0 Å². The quantitative estimate of drug-likeness (QED) is 0.0400. The molecule has 0 aromatic carbocycles. The number of hydrogen-bond acceptors (Lipinski definition) is 31. The molecule has 6 saturated heterocycles. The van der Waals surface area contributed by atoms with E-state index < -0.39 is 0 Å². The number of nitrogens with one attached hydrogen (secondary N) is 12. The number of aromatic nitrogens is 6. The number of hydrogen-bond donors (Lipinski definition) is 13. The van der Waals surface area contributed by atoms with Crippen molar-refractivity contribution < 1.29 is 14.3 Å². The number of alkyl halides is 1. The van der Waals surface area contributed by atoms with Crippen LogP contribution in [0.2, 0.25) is 0 Å². The molecule has 762 valence electrons. The van der Waals surface area contributed by atoms with Gasteiger partial charge < -0.3 is 81.1 Å². The van der Waals surface area contributed by atoms with Crippen LogP contribution in [0.15, 0.2) is 117 Å². The van der Waals surface area contributed by atoms with E-state index in [1.165, 1.54) is 40.7 Å². The molecule has 0 radical (unpaired) electrons. The topological polar surface area (TPSA) is 372 Å². The van der Waals surface area contributed by atoms with Gasteiger partial charge in [-0.1, -0.05) is 13.5 Å². The molecular weight excluding hydrogens is 1910 g/mol. The Morgan fingerprint density at radius 1 is 0.366 bits per heavy atom. The molecule has 45 heteroatoms. The van der Waals surface area contributed by atoms with Crippen molar-refractivity contribution in [1.82, 2.24) is 121 Å². The predicted octanol–water partition coefficient (Wildman–Crippen LogP) is 7.25. The minimum atomic E-state index is -0.295. The summed E-state index contributed by atoms with van der Waals surface area (Å²) in [5, 5.41) is 60.5. The number of β-amino-alcohol motifs (C(OH)–C–C–N with tert-alkyl or cyclic N) is 1.